The molecule has 1 aliphatic carbocycles. The van der Waals surface area contributed by atoms with Crippen LogP contribution in [0, 0.1) is 5.82 Å². The summed E-state index contributed by atoms with van der Waals surface area (Å²) in [4.78, 5) is 5.12. The van der Waals surface area contributed by atoms with Crippen molar-refractivity contribution in [3.63, 3.8) is 0 Å². The number of nitrogens with zero attached hydrogens (tertiary/aromatic N) is 1. The molecule has 0 spiro atoms. The standard InChI is InChI=1S/C21H32N2.C14H20F3N/c1-4-11-21(3)12-10-17-13-18(16-8-6-5-7-9-16)14-19(20(17)22)15(2)23-21;1-4-8-18-9-14(16,17)12-7-5-6-11(10(2)3)13(12)15/h13-14,16H,4-12,22H2,1-3H3;5-7,10,18H,4,8-9H2,1-3H3. The first-order valence-electron chi connectivity index (χ1n) is 15.8. The van der Waals surface area contributed by atoms with Gasteiger partial charge in [0.25, 0.3) is 5.92 Å². The number of anilines is 1. The zero-order valence-corrected chi connectivity index (χ0v) is 26.2. The van der Waals surface area contributed by atoms with E-state index in [4.69, 9.17) is 10.7 Å². The van der Waals surface area contributed by atoms with E-state index in [0.29, 0.717) is 12.1 Å². The molecule has 41 heavy (non-hydrogen) atoms. The summed E-state index contributed by atoms with van der Waals surface area (Å²) in [7, 11) is 0. The minimum Gasteiger partial charge on any atom is -0.398 e. The number of nitrogen functional groups attached to an aromatic ring is 1. The van der Waals surface area contributed by atoms with Crippen LogP contribution >= 0.6 is 0 Å². The minimum atomic E-state index is -3.18. The molecule has 2 aliphatic rings. The van der Waals surface area contributed by atoms with Gasteiger partial charge in [0.15, 0.2) is 0 Å². The second-order valence-corrected chi connectivity index (χ2v) is 12.7. The Bertz CT molecular complexity index is 1170. The van der Waals surface area contributed by atoms with Gasteiger partial charge in [-0.2, -0.15) is 8.78 Å². The van der Waals surface area contributed by atoms with Crippen LogP contribution in [0.5, 0.6) is 0 Å². The normalized spacial score (nSPS) is 19.7. The van der Waals surface area contributed by atoms with E-state index in [0.717, 1.165) is 49.1 Å². The van der Waals surface area contributed by atoms with Gasteiger partial charge in [0.2, 0.25) is 0 Å². The number of rotatable bonds is 9. The molecule has 2 aromatic carbocycles. The summed E-state index contributed by atoms with van der Waals surface area (Å²) in [5, 5.41) is 2.63. The van der Waals surface area contributed by atoms with E-state index in [-0.39, 0.29) is 11.5 Å². The summed E-state index contributed by atoms with van der Waals surface area (Å²) >= 11 is 0. The molecule has 3 nitrogen and oxygen atoms in total. The van der Waals surface area contributed by atoms with E-state index in [1.165, 1.54) is 61.3 Å². The van der Waals surface area contributed by atoms with Crippen LogP contribution in [-0.2, 0) is 12.3 Å². The van der Waals surface area contributed by atoms with Crippen molar-refractivity contribution < 1.29 is 13.2 Å². The lowest BCUT2D eigenvalue weighted by molar-refractivity contribution is -0.00651. The molecule has 0 amide bonds. The van der Waals surface area contributed by atoms with Gasteiger partial charge >= 0.3 is 0 Å². The monoisotopic (exact) mass is 571 g/mol. The average molecular weight is 572 g/mol. The number of nitrogens with two attached hydrogens (primary N) is 1. The quantitative estimate of drug-likeness (QED) is 0.232. The zero-order chi connectivity index (χ0) is 30.2. The van der Waals surface area contributed by atoms with Gasteiger partial charge in [-0.05, 0) is 93.5 Å². The highest BCUT2D eigenvalue weighted by atomic mass is 19.3. The molecular formula is C35H52F3N3. The van der Waals surface area contributed by atoms with E-state index >= 15 is 0 Å². The van der Waals surface area contributed by atoms with Crippen LogP contribution in [0.1, 0.15) is 139 Å². The topological polar surface area (TPSA) is 50.4 Å². The summed E-state index contributed by atoms with van der Waals surface area (Å²) in [6, 6.07) is 8.97. The van der Waals surface area contributed by atoms with E-state index in [1.807, 2.05) is 6.92 Å². The highest BCUT2D eigenvalue weighted by Gasteiger charge is 2.35. The molecule has 1 saturated carbocycles. The van der Waals surface area contributed by atoms with Crippen molar-refractivity contribution in [3.05, 3.63) is 64.0 Å². The van der Waals surface area contributed by atoms with Gasteiger partial charge < -0.3 is 11.1 Å². The average Bonchev–Trinajstić information content (AvgIpc) is 2.93. The van der Waals surface area contributed by atoms with Crippen LogP contribution < -0.4 is 11.1 Å². The van der Waals surface area contributed by atoms with Crippen LogP contribution in [0.25, 0.3) is 0 Å². The number of alkyl halides is 2. The maximum atomic E-state index is 14.0. The van der Waals surface area contributed by atoms with Gasteiger partial charge in [-0.1, -0.05) is 77.6 Å². The maximum absolute atomic E-state index is 14.0. The fraction of sp³-hybridized carbons (Fsp3) is 0.629. The Hall–Kier alpha value is -2.34. The molecule has 2 aromatic rings. The molecular weight excluding hydrogens is 519 g/mol. The molecule has 4 rings (SSSR count). The summed E-state index contributed by atoms with van der Waals surface area (Å²) in [5.41, 5.74) is 12.6. The molecule has 0 aromatic heterocycles. The summed E-state index contributed by atoms with van der Waals surface area (Å²) in [6.45, 7) is 12.2. The Morgan fingerprint density at radius 1 is 1.10 bits per heavy atom. The SMILES string of the molecule is CCCC1(C)CCc2cc(C3CCCCC3)cc(c2N)C(C)=N1.CCCNCC(F)(F)c1cccc(C(C)C)c1F. The smallest absolute Gasteiger partial charge is 0.288 e. The number of nitrogens with one attached hydrogen (secondary N) is 1. The van der Waals surface area contributed by atoms with Gasteiger partial charge in [0, 0.05) is 17.0 Å². The van der Waals surface area contributed by atoms with E-state index in [2.05, 4.69) is 38.2 Å². The van der Waals surface area contributed by atoms with Crippen LogP contribution in [0.3, 0.4) is 0 Å². The molecule has 228 valence electrons. The first kappa shape index (κ1) is 33.2. The summed E-state index contributed by atoms with van der Waals surface area (Å²) in [5.74, 6) is -3.33. The molecule has 6 heteroatoms. The Morgan fingerprint density at radius 2 is 1.80 bits per heavy atom. The van der Waals surface area contributed by atoms with Crippen LogP contribution in [0.2, 0.25) is 0 Å². The largest absolute Gasteiger partial charge is 0.398 e. The number of benzene rings is 2. The number of halogens is 3. The summed E-state index contributed by atoms with van der Waals surface area (Å²) < 4.78 is 41.8. The molecule has 0 radical (unpaired) electrons. The predicted octanol–water partition coefficient (Wildman–Crippen LogP) is 9.67. The highest BCUT2D eigenvalue weighted by Crippen LogP contribution is 2.38. The third-order valence-corrected chi connectivity index (χ3v) is 8.73. The number of hydrogen-bond acceptors (Lipinski definition) is 3. The van der Waals surface area contributed by atoms with Crippen LogP contribution in [0.4, 0.5) is 18.9 Å². The van der Waals surface area contributed by atoms with Crippen molar-refractivity contribution in [1.29, 1.82) is 0 Å². The number of fused-ring (bicyclic) bond motifs is 2. The maximum Gasteiger partial charge on any atom is 0.288 e. The lowest BCUT2D eigenvalue weighted by Gasteiger charge is -2.30. The summed E-state index contributed by atoms with van der Waals surface area (Å²) in [6.07, 6.45) is 12.1. The molecule has 2 bridgehead atoms. The molecule has 0 saturated heterocycles. The minimum absolute atomic E-state index is 0.0695. The fourth-order valence-corrected chi connectivity index (χ4v) is 6.36. The Morgan fingerprint density at radius 3 is 2.44 bits per heavy atom. The van der Waals surface area contributed by atoms with Gasteiger partial charge in [-0.25, -0.2) is 4.39 Å². The third-order valence-electron chi connectivity index (χ3n) is 8.73. The molecule has 3 N–H and O–H groups in total. The first-order chi connectivity index (χ1) is 19.4. The second-order valence-electron chi connectivity index (χ2n) is 12.7. The van der Waals surface area contributed by atoms with Gasteiger partial charge in [0.05, 0.1) is 17.6 Å². The number of aliphatic imine (C=N–C) groups is 1. The lowest BCUT2D eigenvalue weighted by Crippen LogP contribution is -2.32. The third kappa shape index (κ3) is 8.59. The lowest BCUT2D eigenvalue weighted by atomic mass is 9.80. The van der Waals surface area contributed by atoms with Crippen LogP contribution in [0.15, 0.2) is 35.3 Å². The number of hydrogen-bond donors (Lipinski definition) is 2. The van der Waals surface area contributed by atoms with Crippen molar-refractivity contribution >= 4 is 11.4 Å². The van der Waals surface area contributed by atoms with E-state index in [9.17, 15) is 13.2 Å². The van der Waals surface area contributed by atoms with Crippen molar-refractivity contribution in [2.24, 2.45) is 4.99 Å². The van der Waals surface area contributed by atoms with Crippen molar-refractivity contribution in [2.75, 3.05) is 18.8 Å². The van der Waals surface area contributed by atoms with Gasteiger partial charge in [0.1, 0.15) is 5.82 Å². The van der Waals surface area contributed by atoms with Crippen molar-refractivity contribution in [3.8, 4) is 0 Å². The molecule has 1 atom stereocenters. The highest BCUT2D eigenvalue weighted by molar-refractivity contribution is 6.04. The van der Waals surface area contributed by atoms with Crippen LogP contribution in [-0.4, -0.2) is 24.3 Å². The molecule has 1 aliphatic heterocycles. The predicted molar refractivity (Wildman–Crippen MR) is 168 cm³/mol. The van der Waals surface area contributed by atoms with Gasteiger partial charge in [-0.15, -0.1) is 0 Å². The Balaban J connectivity index is 0.000000233. The molecule has 1 fully saturated rings. The first-order valence-corrected chi connectivity index (χ1v) is 15.8. The Kier molecular flexibility index (Phi) is 11.9. The molecule has 1 unspecified atom stereocenters. The zero-order valence-electron chi connectivity index (χ0n) is 26.2. The molecule has 1 heterocycles. The van der Waals surface area contributed by atoms with E-state index in [1.54, 1.807) is 19.9 Å². The van der Waals surface area contributed by atoms with Crippen molar-refractivity contribution in [2.45, 2.75) is 129 Å². The van der Waals surface area contributed by atoms with E-state index < -0.39 is 23.8 Å². The fourth-order valence-electron chi connectivity index (χ4n) is 6.36. The van der Waals surface area contributed by atoms with Gasteiger partial charge in [-0.3, -0.25) is 4.99 Å². The second kappa shape index (κ2) is 14.7. The Labute approximate surface area is 246 Å². The number of aryl methyl sites for hydroxylation is 1. The van der Waals surface area contributed by atoms with Crippen molar-refractivity contribution in [1.82, 2.24) is 5.32 Å².